The fourth-order valence-electron chi connectivity index (χ4n) is 3.45. The molecule has 0 radical (unpaired) electrons. The van der Waals surface area contributed by atoms with Crippen LogP contribution in [-0.2, 0) is 0 Å². The molecule has 3 N–H and O–H groups in total. The summed E-state index contributed by atoms with van der Waals surface area (Å²) in [6.45, 7) is 4.13. The molecule has 1 unspecified atom stereocenters. The topological polar surface area (TPSA) is 73.0 Å². The van der Waals surface area contributed by atoms with E-state index in [-0.39, 0.29) is 12.6 Å². The summed E-state index contributed by atoms with van der Waals surface area (Å²) >= 11 is 6.09. The van der Waals surface area contributed by atoms with Crippen LogP contribution in [0, 0.1) is 11.8 Å². The monoisotopic (exact) mass is 412 g/mol. The molecule has 2 amide bonds. The summed E-state index contributed by atoms with van der Waals surface area (Å²) in [5.41, 5.74) is 7.44. The summed E-state index contributed by atoms with van der Waals surface area (Å²) in [4.78, 5) is 15.5. The van der Waals surface area contributed by atoms with Gasteiger partial charge in [-0.3, -0.25) is 15.0 Å². The van der Waals surface area contributed by atoms with Crippen molar-refractivity contribution in [1.29, 1.82) is 0 Å². The zero-order valence-corrected chi connectivity index (χ0v) is 16.9. The molecule has 3 rings (SSSR count). The van der Waals surface area contributed by atoms with E-state index in [2.05, 4.69) is 58.0 Å². The molecule has 1 heterocycles. The van der Waals surface area contributed by atoms with E-state index >= 15 is 0 Å². The highest BCUT2D eigenvalue weighted by atomic mass is 35.5. The van der Waals surface area contributed by atoms with E-state index in [9.17, 15) is 10.0 Å². The number of hydroxylamine groups is 2. The molecular formula is C22H25ClN4O2. The first-order valence-corrected chi connectivity index (χ1v) is 9.91. The molecule has 1 atom stereocenters. The van der Waals surface area contributed by atoms with E-state index in [1.54, 1.807) is 0 Å². The van der Waals surface area contributed by atoms with Crippen LogP contribution < -0.4 is 5.73 Å². The molecule has 0 saturated carbocycles. The third-order valence-corrected chi connectivity index (χ3v) is 5.24. The van der Waals surface area contributed by atoms with Gasteiger partial charge in [-0.25, -0.2) is 4.79 Å². The summed E-state index contributed by atoms with van der Waals surface area (Å²) in [6.07, 6.45) is 0. The normalized spacial score (nSPS) is 15.9. The fourth-order valence-corrected chi connectivity index (χ4v) is 3.58. The van der Waals surface area contributed by atoms with Crippen molar-refractivity contribution < 1.29 is 10.0 Å². The van der Waals surface area contributed by atoms with Crippen LogP contribution in [0.15, 0.2) is 54.6 Å². The number of rotatable bonds is 5. The number of carbonyl (C=O) groups is 1. The lowest BCUT2D eigenvalue weighted by atomic mass is 9.96. The highest BCUT2D eigenvalue weighted by Gasteiger charge is 2.26. The number of urea groups is 1. The first-order chi connectivity index (χ1) is 14.0. The molecule has 6 nitrogen and oxygen atoms in total. The molecule has 0 spiro atoms. The first kappa shape index (κ1) is 21.2. The fraction of sp³-hybridized carbons (Fsp3) is 0.318. The van der Waals surface area contributed by atoms with Gasteiger partial charge in [-0.15, -0.1) is 0 Å². The van der Waals surface area contributed by atoms with Gasteiger partial charge in [-0.1, -0.05) is 65.9 Å². The summed E-state index contributed by atoms with van der Waals surface area (Å²) in [6, 6.07) is 17.8. The largest absolute Gasteiger partial charge is 0.350 e. The van der Waals surface area contributed by atoms with Gasteiger partial charge in [0.15, 0.2) is 0 Å². The molecule has 29 heavy (non-hydrogen) atoms. The van der Waals surface area contributed by atoms with Gasteiger partial charge in [0.05, 0.1) is 12.6 Å². The summed E-state index contributed by atoms with van der Waals surface area (Å²) in [5.74, 6) is 5.75. The molecule has 0 aromatic heterocycles. The van der Waals surface area contributed by atoms with Crippen LogP contribution in [0.5, 0.6) is 0 Å². The van der Waals surface area contributed by atoms with Crippen molar-refractivity contribution in [2.24, 2.45) is 5.73 Å². The lowest BCUT2D eigenvalue weighted by Gasteiger charge is -2.39. The minimum Gasteiger partial charge on any atom is -0.350 e. The quantitative estimate of drug-likeness (QED) is 0.450. The minimum atomic E-state index is -0.901. The maximum absolute atomic E-state index is 10.8. The second-order valence-corrected chi connectivity index (χ2v) is 7.36. The van der Waals surface area contributed by atoms with Crippen LogP contribution >= 0.6 is 11.6 Å². The second kappa shape index (κ2) is 10.3. The van der Waals surface area contributed by atoms with Crippen molar-refractivity contribution >= 4 is 17.6 Å². The Hall–Kier alpha value is -2.56. The predicted octanol–water partition coefficient (Wildman–Crippen LogP) is 2.82. The maximum Gasteiger partial charge on any atom is 0.339 e. The van der Waals surface area contributed by atoms with Crippen LogP contribution in [0.2, 0.25) is 5.02 Å². The number of piperazine rings is 1. The van der Waals surface area contributed by atoms with Gasteiger partial charge in [-0.05, 0) is 23.3 Å². The van der Waals surface area contributed by atoms with Crippen molar-refractivity contribution in [3.05, 3.63) is 70.7 Å². The average molecular weight is 413 g/mol. The van der Waals surface area contributed by atoms with Crippen molar-refractivity contribution in [1.82, 2.24) is 14.9 Å². The molecule has 1 aliphatic rings. The molecule has 0 bridgehead atoms. The van der Waals surface area contributed by atoms with E-state index in [1.165, 1.54) is 11.1 Å². The summed E-state index contributed by atoms with van der Waals surface area (Å²) < 4.78 is 0. The van der Waals surface area contributed by atoms with Gasteiger partial charge >= 0.3 is 6.03 Å². The van der Waals surface area contributed by atoms with Gasteiger partial charge in [-0.2, -0.15) is 5.06 Å². The minimum absolute atomic E-state index is 0.0814. The highest BCUT2D eigenvalue weighted by molar-refractivity contribution is 6.30. The number of benzene rings is 2. The molecule has 2 aromatic carbocycles. The number of hydrogen-bond donors (Lipinski definition) is 2. The Morgan fingerprint density at radius 3 is 2.28 bits per heavy atom. The van der Waals surface area contributed by atoms with Gasteiger partial charge < -0.3 is 5.73 Å². The smallest absolute Gasteiger partial charge is 0.339 e. The molecule has 1 saturated heterocycles. The zero-order valence-electron chi connectivity index (χ0n) is 16.2. The number of primary amides is 1. The van der Waals surface area contributed by atoms with E-state index in [1.807, 2.05) is 18.2 Å². The Labute approximate surface area is 176 Å². The SMILES string of the molecule is NC(=O)N(O)CC#CCN1CCN(C(c2ccccc2)c2ccc(Cl)cc2)CC1. The highest BCUT2D eigenvalue weighted by Crippen LogP contribution is 2.30. The zero-order chi connectivity index (χ0) is 20.6. The van der Waals surface area contributed by atoms with Crippen LogP contribution in [-0.4, -0.2) is 65.4 Å². The number of halogens is 1. The Bertz CT molecular complexity index is 856. The van der Waals surface area contributed by atoms with E-state index in [4.69, 9.17) is 17.3 Å². The number of hydrogen-bond acceptors (Lipinski definition) is 4. The van der Waals surface area contributed by atoms with Gasteiger partial charge in [0, 0.05) is 31.2 Å². The van der Waals surface area contributed by atoms with E-state index < -0.39 is 6.03 Å². The Morgan fingerprint density at radius 1 is 1.03 bits per heavy atom. The third kappa shape index (κ3) is 5.96. The van der Waals surface area contributed by atoms with Gasteiger partial charge in [0.1, 0.15) is 6.54 Å². The van der Waals surface area contributed by atoms with Crippen molar-refractivity contribution in [3.63, 3.8) is 0 Å². The van der Waals surface area contributed by atoms with Crippen LogP contribution in [0.1, 0.15) is 17.2 Å². The molecule has 152 valence electrons. The third-order valence-electron chi connectivity index (χ3n) is 4.98. The average Bonchev–Trinajstić information content (AvgIpc) is 2.74. The Kier molecular flexibility index (Phi) is 7.50. The molecular weight excluding hydrogens is 388 g/mol. The summed E-state index contributed by atoms with van der Waals surface area (Å²) in [5, 5.41) is 10.4. The summed E-state index contributed by atoms with van der Waals surface area (Å²) in [7, 11) is 0. The number of nitrogens with zero attached hydrogens (tertiary/aromatic N) is 3. The van der Waals surface area contributed by atoms with Crippen LogP contribution in [0.4, 0.5) is 4.79 Å². The Morgan fingerprint density at radius 2 is 1.66 bits per heavy atom. The number of nitrogens with two attached hydrogens (primary N) is 1. The molecule has 0 aliphatic carbocycles. The van der Waals surface area contributed by atoms with E-state index in [0.29, 0.717) is 11.6 Å². The van der Waals surface area contributed by atoms with Crippen LogP contribution in [0.25, 0.3) is 0 Å². The first-order valence-electron chi connectivity index (χ1n) is 9.53. The lowest BCUT2D eigenvalue weighted by molar-refractivity contribution is -0.0269. The molecule has 2 aromatic rings. The molecule has 1 fully saturated rings. The van der Waals surface area contributed by atoms with Crippen molar-refractivity contribution in [2.75, 3.05) is 39.3 Å². The standard InChI is InChI=1S/C22H25ClN4O2/c23-20-10-8-19(9-11-20)21(18-6-2-1-3-7-18)26-16-14-25(15-17-26)12-4-5-13-27(29)22(24)28/h1-3,6-11,21,29H,12-17H2,(H2,24,28). The number of carbonyl (C=O) groups excluding carboxylic acids is 1. The van der Waals surface area contributed by atoms with Crippen molar-refractivity contribution in [2.45, 2.75) is 6.04 Å². The van der Waals surface area contributed by atoms with Crippen LogP contribution in [0.3, 0.4) is 0 Å². The maximum atomic E-state index is 10.8. The van der Waals surface area contributed by atoms with Gasteiger partial charge in [0.25, 0.3) is 0 Å². The van der Waals surface area contributed by atoms with E-state index in [0.717, 1.165) is 31.2 Å². The van der Waals surface area contributed by atoms with Gasteiger partial charge in [0.2, 0.25) is 0 Å². The molecule has 1 aliphatic heterocycles. The number of amides is 2. The second-order valence-electron chi connectivity index (χ2n) is 6.93. The lowest BCUT2D eigenvalue weighted by Crippen LogP contribution is -2.47. The Balaban J connectivity index is 1.63. The predicted molar refractivity (Wildman–Crippen MR) is 114 cm³/mol. The molecule has 7 heteroatoms. The van der Waals surface area contributed by atoms with Crippen molar-refractivity contribution in [3.8, 4) is 11.8 Å².